The van der Waals surface area contributed by atoms with E-state index in [0.717, 1.165) is 16.5 Å². The Morgan fingerprint density at radius 3 is 2.81 bits per heavy atom. The number of pyridine rings is 2. The lowest BCUT2D eigenvalue weighted by Crippen LogP contribution is -2.44. The zero-order valence-corrected chi connectivity index (χ0v) is 17.5. The van der Waals surface area contributed by atoms with Gasteiger partial charge in [-0.2, -0.15) is 0 Å². The molecular weight excluding hydrogens is 412 g/mol. The van der Waals surface area contributed by atoms with E-state index in [4.69, 9.17) is 21.2 Å². The number of anilines is 1. The van der Waals surface area contributed by atoms with Crippen LogP contribution in [-0.4, -0.2) is 26.5 Å². The van der Waals surface area contributed by atoms with E-state index in [1.807, 2.05) is 12.1 Å². The fourth-order valence-corrected chi connectivity index (χ4v) is 4.60. The van der Waals surface area contributed by atoms with Crippen molar-refractivity contribution in [1.29, 1.82) is 0 Å². The number of carbonyl (C=O) groups excluding carboxylic acids is 2. The maximum Gasteiger partial charge on any atom is 0.343 e. The van der Waals surface area contributed by atoms with E-state index in [-0.39, 0.29) is 36.1 Å². The summed E-state index contributed by atoms with van der Waals surface area (Å²) in [4.78, 5) is 41.7. The van der Waals surface area contributed by atoms with Gasteiger partial charge in [-0.15, -0.1) is 0 Å². The van der Waals surface area contributed by atoms with E-state index >= 15 is 0 Å². The van der Waals surface area contributed by atoms with Crippen molar-refractivity contribution in [3.63, 3.8) is 0 Å². The molecule has 0 bridgehead atoms. The molecule has 3 aromatic rings. The Morgan fingerprint density at radius 2 is 2.09 bits per heavy atom. The summed E-state index contributed by atoms with van der Waals surface area (Å²) in [7, 11) is 0. The first-order valence-electron chi connectivity index (χ1n) is 10.4. The third-order valence-electron chi connectivity index (χ3n) is 6.44. The van der Waals surface area contributed by atoms with Gasteiger partial charge in [0.2, 0.25) is 5.91 Å². The molecule has 1 aromatic carbocycles. The minimum Gasteiger partial charge on any atom is -0.458 e. The topological polar surface area (TPSA) is 151 Å². The fraction of sp³-hybridized carbons (Fsp3) is 0.304. The Kier molecular flexibility index (Phi) is 4.35. The molecule has 0 aliphatic carbocycles. The number of nitrogens with zero attached hydrogens (tertiary/aromatic N) is 2. The van der Waals surface area contributed by atoms with Gasteiger partial charge in [-0.1, -0.05) is 13.0 Å². The Morgan fingerprint density at radius 1 is 1.31 bits per heavy atom. The molecule has 9 heteroatoms. The predicted molar refractivity (Wildman–Crippen MR) is 116 cm³/mol. The first-order valence-corrected chi connectivity index (χ1v) is 10.4. The molecule has 1 unspecified atom stereocenters. The molecule has 1 amide bonds. The summed E-state index contributed by atoms with van der Waals surface area (Å²) >= 11 is 0. The molecule has 2 aromatic heterocycles. The summed E-state index contributed by atoms with van der Waals surface area (Å²) in [5, 5.41) is 11.7. The van der Waals surface area contributed by atoms with Gasteiger partial charge in [0, 0.05) is 28.6 Å². The molecule has 1 atom stereocenters. The number of nitrogen functional groups attached to an aromatic ring is 1. The van der Waals surface area contributed by atoms with Crippen LogP contribution in [0.25, 0.3) is 22.3 Å². The molecule has 0 fully saturated rings. The van der Waals surface area contributed by atoms with Crippen LogP contribution in [0, 0.1) is 0 Å². The Labute approximate surface area is 182 Å². The van der Waals surface area contributed by atoms with E-state index < -0.39 is 17.5 Å². The maximum absolute atomic E-state index is 13.2. The number of aryl methyl sites for hydroxylation is 1. The SMILES string of the molecule is CCC1(O)C(=O)OCc2c1cc1n(c2=O)Cc2cc3c(N)ccc(CCC(N)=O)c3nc2-1. The van der Waals surface area contributed by atoms with Gasteiger partial charge in [0.05, 0.1) is 29.0 Å². The second-order valence-corrected chi connectivity index (χ2v) is 8.28. The molecule has 32 heavy (non-hydrogen) atoms. The lowest BCUT2D eigenvalue weighted by Gasteiger charge is -2.31. The van der Waals surface area contributed by atoms with E-state index in [1.165, 1.54) is 0 Å². The molecule has 0 saturated heterocycles. The summed E-state index contributed by atoms with van der Waals surface area (Å²) in [5.41, 5.74) is 13.8. The summed E-state index contributed by atoms with van der Waals surface area (Å²) in [6.07, 6.45) is 0.664. The van der Waals surface area contributed by atoms with Crippen molar-refractivity contribution in [1.82, 2.24) is 9.55 Å². The zero-order valence-electron chi connectivity index (χ0n) is 17.5. The number of fused-ring (bicyclic) bond motifs is 5. The smallest absolute Gasteiger partial charge is 0.343 e. The number of ether oxygens (including phenoxy) is 1. The number of amides is 1. The molecule has 9 nitrogen and oxygen atoms in total. The third kappa shape index (κ3) is 2.74. The van der Waals surface area contributed by atoms with Crippen molar-refractivity contribution in [2.75, 3.05) is 5.73 Å². The molecule has 0 spiro atoms. The average molecular weight is 434 g/mol. The second kappa shape index (κ2) is 6.89. The van der Waals surface area contributed by atoms with Crippen LogP contribution in [0.4, 0.5) is 5.69 Å². The number of primary amides is 1. The zero-order chi connectivity index (χ0) is 22.8. The van der Waals surface area contributed by atoms with Crippen LogP contribution in [0.1, 0.15) is 42.0 Å². The van der Waals surface area contributed by atoms with Crippen LogP contribution < -0.4 is 17.0 Å². The predicted octanol–water partition coefficient (Wildman–Crippen LogP) is 1.08. The lowest BCUT2D eigenvalue weighted by atomic mass is 9.86. The van der Waals surface area contributed by atoms with Gasteiger partial charge in [-0.25, -0.2) is 9.78 Å². The van der Waals surface area contributed by atoms with Gasteiger partial charge in [0.15, 0.2) is 5.60 Å². The quantitative estimate of drug-likeness (QED) is 0.321. The van der Waals surface area contributed by atoms with Crippen LogP contribution in [-0.2, 0) is 39.5 Å². The molecule has 0 saturated carbocycles. The lowest BCUT2D eigenvalue weighted by molar-refractivity contribution is -0.172. The monoisotopic (exact) mass is 434 g/mol. The Balaban J connectivity index is 1.74. The number of hydrogen-bond acceptors (Lipinski definition) is 7. The minimum atomic E-state index is -1.88. The van der Waals surface area contributed by atoms with Crippen molar-refractivity contribution in [2.45, 2.75) is 44.9 Å². The number of nitrogens with two attached hydrogens (primary N) is 2. The van der Waals surface area contributed by atoms with Gasteiger partial charge < -0.3 is 25.9 Å². The highest BCUT2D eigenvalue weighted by atomic mass is 16.6. The number of carbonyl (C=O) groups is 2. The van der Waals surface area contributed by atoms with E-state index in [2.05, 4.69) is 0 Å². The first-order chi connectivity index (χ1) is 15.2. The Hall–Kier alpha value is -3.72. The van der Waals surface area contributed by atoms with Crippen LogP contribution in [0.15, 0.2) is 29.1 Å². The summed E-state index contributed by atoms with van der Waals surface area (Å²) in [6, 6.07) is 7.16. The van der Waals surface area contributed by atoms with E-state index in [9.17, 15) is 19.5 Å². The van der Waals surface area contributed by atoms with Crippen LogP contribution in [0.2, 0.25) is 0 Å². The summed E-state index contributed by atoms with van der Waals surface area (Å²) in [6.45, 7) is 1.78. The van der Waals surface area contributed by atoms with E-state index in [0.29, 0.717) is 35.6 Å². The molecule has 5 N–H and O–H groups in total. The number of aromatic nitrogens is 2. The maximum atomic E-state index is 13.2. The minimum absolute atomic E-state index is 0.0769. The van der Waals surface area contributed by atoms with Gasteiger partial charge >= 0.3 is 5.97 Å². The van der Waals surface area contributed by atoms with Gasteiger partial charge in [-0.3, -0.25) is 9.59 Å². The largest absolute Gasteiger partial charge is 0.458 e. The molecule has 4 heterocycles. The molecule has 0 radical (unpaired) electrons. The van der Waals surface area contributed by atoms with E-state index in [1.54, 1.807) is 23.6 Å². The highest BCUT2D eigenvalue weighted by molar-refractivity contribution is 5.95. The first kappa shape index (κ1) is 20.2. The van der Waals surface area contributed by atoms with Crippen molar-refractivity contribution in [3.8, 4) is 11.4 Å². The number of esters is 1. The summed E-state index contributed by atoms with van der Waals surface area (Å²) in [5.74, 6) is -1.17. The Bertz CT molecular complexity index is 1390. The standard InChI is InChI=1S/C23H22N4O5/c1-2-23(31)15-8-17-20-12(9-27(17)21(29)14(15)10-32-22(23)30)7-13-16(24)5-3-11(19(13)26-20)4-6-18(25)28/h3,5,7-8,31H,2,4,6,9-10,24H2,1H3,(H2,25,28). The molecular formula is C23H22N4O5. The normalized spacial score (nSPS) is 18.8. The van der Waals surface area contributed by atoms with Crippen molar-refractivity contribution < 1.29 is 19.4 Å². The van der Waals surface area contributed by atoms with Crippen molar-refractivity contribution in [2.24, 2.45) is 5.73 Å². The van der Waals surface area contributed by atoms with Crippen LogP contribution in [0.5, 0.6) is 0 Å². The van der Waals surface area contributed by atoms with Crippen molar-refractivity contribution >= 4 is 28.5 Å². The summed E-state index contributed by atoms with van der Waals surface area (Å²) < 4.78 is 6.67. The number of cyclic esters (lactones) is 1. The van der Waals surface area contributed by atoms with Crippen LogP contribution in [0.3, 0.4) is 0 Å². The van der Waals surface area contributed by atoms with Gasteiger partial charge in [-0.05, 0) is 36.6 Å². The number of rotatable bonds is 4. The van der Waals surface area contributed by atoms with Gasteiger partial charge in [0.1, 0.15) is 6.61 Å². The fourth-order valence-electron chi connectivity index (χ4n) is 4.60. The number of hydrogen-bond donors (Lipinski definition) is 3. The molecule has 5 rings (SSSR count). The van der Waals surface area contributed by atoms with Crippen molar-refractivity contribution in [3.05, 3.63) is 56.9 Å². The average Bonchev–Trinajstić information content (AvgIpc) is 3.13. The number of aliphatic hydroxyl groups is 1. The van der Waals surface area contributed by atoms with Crippen LogP contribution >= 0.6 is 0 Å². The molecule has 2 aliphatic rings. The highest BCUT2D eigenvalue weighted by Gasteiger charge is 2.45. The third-order valence-corrected chi connectivity index (χ3v) is 6.44. The molecule has 164 valence electrons. The molecule has 2 aliphatic heterocycles. The van der Waals surface area contributed by atoms with Gasteiger partial charge in [0.25, 0.3) is 5.56 Å². The number of benzene rings is 1. The second-order valence-electron chi connectivity index (χ2n) is 8.28. The highest BCUT2D eigenvalue weighted by Crippen LogP contribution is 2.39.